The number of nitro groups is 1. The van der Waals surface area contributed by atoms with Crippen molar-refractivity contribution in [2.24, 2.45) is 10.2 Å². The van der Waals surface area contributed by atoms with Crippen LogP contribution in [0.1, 0.15) is 0 Å². The van der Waals surface area contributed by atoms with Gasteiger partial charge in [0, 0.05) is 12.1 Å². The molecule has 1 heterocycles. The molecule has 0 unspecified atom stereocenters. The fraction of sp³-hybridized carbons (Fsp3) is 0. The fourth-order valence-corrected chi connectivity index (χ4v) is 1.51. The minimum absolute atomic E-state index is 0.0599. The normalized spacial score (nSPS) is 10.9. The third-order valence-corrected chi connectivity index (χ3v) is 2.62. The summed E-state index contributed by atoms with van der Waals surface area (Å²) in [6, 6.07) is 3.46. The first kappa shape index (κ1) is 14.4. The highest BCUT2D eigenvalue weighted by Gasteiger charge is 2.11. The zero-order valence-corrected chi connectivity index (χ0v) is 10.8. The zero-order valence-electron chi connectivity index (χ0n) is 10.0. The van der Waals surface area contributed by atoms with Crippen molar-refractivity contribution in [3.8, 4) is 5.88 Å². The molecule has 0 spiro atoms. The van der Waals surface area contributed by atoms with E-state index in [0.29, 0.717) is 0 Å². The number of rotatable bonds is 3. The van der Waals surface area contributed by atoms with E-state index >= 15 is 0 Å². The molecule has 0 bridgehead atoms. The van der Waals surface area contributed by atoms with Crippen LogP contribution in [0, 0.1) is 10.1 Å². The summed E-state index contributed by atoms with van der Waals surface area (Å²) in [5, 5.41) is 27.1. The van der Waals surface area contributed by atoms with E-state index in [0.717, 1.165) is 6.07 Å². The predicted octanol–water partition coefficient (Wildman–Crippen LogP) is 1.75. The summed E-state index contributed by atoms with van der Waals surface area (Å²) in [4.78, 5) is 36.0. The van der Waals surface area contributed by atoms with Gasteiger partial charge in [-0.2, -0.15) is 0 Å². The average Bonchev–Trinajstić information content (AvgIpc) is 2.39. The van der Waals surface area contributed by atoms with Gasteiger partial charge >= 0.3 is 5.69 Å². The molecule has 0 saturated carbocycles. The molecule has 1 aromatic heterocycles. The molecule has 1 aromatic carbocycles. The van der Waals surface area contributed by atoms with Crippen molar-refractivity contribution in [1.29, 1.82) is 0 Å². The van der Waals surface area contributed by atoms with Crippen LogP contribution in [0.5, 0.6) is 5.88 Å². The van der Waals surface area contributed by atoms with Crippen LogP contribution in [0.15, 0.2) is 38.0 Å². The molecule has 21 heavy (non-hydrogen) atoms. The Kier molecular flexibility index (Phi) is 3.80. The molecule has 0 atom stereocenters. The van der Waals surface area contributed by atoms with Gasteiger partial charge in [0.05, 0.1) is 9.95 Å². The lowest BCUT2D eigenvalue weighted by molar-refractivity contribution is -0.384. The number of benzene rings is 1. The first-order valence-corrected chi connectivity index (χ1v) is 5.67. The molecule has 108 valence electrons. The summed E-state index contributed by atoms with van der Waals surface area (Å²) in [6.45, 7) is 0. The molecule has 0 aliphatic rings. The number of aromatic hydroxyl groups is 1. The summed E-state index contributed by atoms with van der Waals surface area (Å²) >= 11 is 5.79. The highest BCUT2D eigenvalue weighted by atomic mass is 35.5. The molecule has 2 rings (SSSR count). The topological polar surface area (TPSA) is 154 Å². The van der Waals surface area contributed by atoms with Crippen molar-refractivity contribution in [3.63, 3.8) is 0 Å². The van der Waals surface area contributed by atoms with Crippen molar-refractivity contribution < 1.29 is 10.0 Å². The molecule has 0 aliphatic heterocycles. The summed E-state index contributed by atoms with van der Waals surface area (Å²) in [5.41, 5.74) is -2.78. The maximum Gasteiger partial charge on any atom is 0.328 e. The Bertz CT molecular complexity index is 856. The van der Waals surface area contributed by atoms with Crippen LogP contribution in [0.2, 0.25) is 5.02 Å². The summed E-state index contributed by atoms with van der Waals surface area (Å²) in [5.74, 6) is -0.783. The Morgan fingerprint density at radius 2 is 1.95 bits per heavy atom. The van der Waals surface area contributed by atoms with Crippen molar-refractivity contribution in [3.05, 3.63) is 54.2 Å². The molecule has 11 heteroatoms. The lowest BCUT2D eigenvalue weighted by Gasteiger charge is -1.98. The third kappa shape index (κ3) is 3.12. The quantitative estimate of drug-likeness (QED) is 0.447. The van der Waals surface area contributed by atoms with Crippen LogP contribution < -0.4 is 11.2 Å². The number of hydrogen-bond donors (Lipinski definition) is 3. The van der Waals surface area contributed by atoms with E-state index in [9.17, 15) is 24.8 Å². The van der Waals surface area contributed by atoms with E-state index in [-0.39, 0.29) is 16.4 Å². The Labute approximate surface area is 119 Å². The smallest absolute Gasteiger partial charge is 0.328 e. The highest BCUT2D eigenvalue weighted by Crippen LogP contribution is 2.30. The third-order valence-electron chi connectivity index (χ3n) is 2.30. The van der Waals surface area contributed by atoms with E-state index in [1.54, 1.807) is 0 Å². The number of non-ortho nitro benzene ring substituents is 1. The van der Waals surface area contributed by atoms with Crippen molar-refractivity contribution in [1.82, 2.24) is 9.97 Å². The number of nitro benzene ring substituents is 1. The molecule has 3 N–H and O–H groups in total. The number of azo groups is 1. The Morgan fingerprint density at radius 3 is 2.57 bits per heavy atom. The number of hydrogen-bond acceptors (Lipinski definition) is 7. The highest BCUT2D eigenvalue weighted by molar-refractivity contribution is 6.33. The molecule has 10 nitrogen and oxygen atoms in total. The molecule has 0 radical (unpaired) electrons. The van der Waals surface area contributed by atoms with Crippen LogP contribution in [-0.4, -0.2) is 20.0 Å². The van der Waals surface area contributed by atoms with Gasteiger partial charge in [-0.25, -0.2) is 4.79 Å². The van der Waals surface area contributed by atoms with Crippen molar-refractivity contribution >= 4 is 28.7 Å². The summed E-state index contributed by atoms with van der Waals surface area (Å²) in [7, 11) is 0. The first-order chi connectivity index (χ1) is 9.88. The lowest BCUT2D eigenvalue weighted by Crippen LogP contribution is -2.20. The van der Waals surface area contributed by atoms with Gasteiger partial charge < -0.3 is 5.11 Å². The first-order valence-electron chi connectivity index (χ1n) is 5.29. The number of aromatic amines is 2. The Hall–Kier alpha value is -3.01. The SMILES string of the molecule is O=c1[nH]c(O)c(N=Nc2cc([N+](=O)[O-])ccc2Cl)c(=O)[nH]1. The van der Waals surface area contributed by atoms with Gasteiger partial charge in [-0.3, -0.25) is 24.9 Å². The number of aromatic nitrogens is 2. The largest absolute Gasteiger partial charge is 0.493 e. The van der Waals surface area contributed by atoms with E-state index in [4.69, 9.17) is 11.6 Å². The molecule has 0 fully saturated rings. The minimum Gasteiger partial charge on any atom is -0.493 e. The van der Waals surface area contributed by atoms with Crippen LogP contribution in [0.4, 0.5) is 17.1 Å². The minimum atomic E-state index is -0.971. The molecule has 0 amide bonds. The molecule has 0 saturated heterocycles. The standard InChI is InChI=1S/C10H6ClN5O5/c11-5-2-1-4(16(20)21)3-6(5)14-15-7-8(17)12-10(19)13-9(7)18/h1-3H,(H3,12,13,17,18,19). The van der Waals surface area contributed by atoms with Crippen LogP contribution in [0.25, 0.3) is 0 Å². The zero-order chi connectivity index (χ0) is 15.6. The fourth-order valence-electron chi connectivity index (χ4n) is 1.36. The number of H-pyrrole nitrogens is 2. The van der Waals surface area contributed by atoms with Crippen molar-refractivity contribution in [2.75, 3.05) is 0 Å². The Morgan fingerprint density at radius 1 is 1.24 bits per heavy atom. The predicted molar refractivity (Wildman–Crippen MR) is 71.6 cm³/mol. The second kappa shape index (κ2) is 5.54. The van der Waals surface area contributed by atoms with Crippen LogP contribution >= 0.6 is 11.6 Å². The van der Waals surface area contributed by atoms with Gasteiger partial charge in [0.2, 0.25) is 11.6 Å². The monoisotopic (exact) mass is 311 g/mol. The maximum absolute atomic E-state index is 11.4. The van der Waals surface area contributed by atoms with E-state index in [1.807, 2.05) is 9.97 Å². The number of halogens is 1. The molecule has 2 aromatic rings. The van der Waals surface area contributed by atoms with E-state index in [2.05, 4.69) is 10.2 Å². The molecular formula is C10H6ClN5O5. The van der Waals surface area contributed by atoms with Crippen molar-refractivity contribution in [2.45, 2.75) is 0 Å². The summed E-state index contributed by atoms with van der Waals surface area (Å²) < 4.78 is 0. The van der Waals surface area contributed by atoms with Gasteiger partial charge in [-0.1, -0.05) is 11.6 Å². The molecular weight excluding hydrogens is 306 g/mol. The second-order valence-electron chi connectivity index (χ2n) is 3.70. The van der Waals surface area contributed by atoms with Gasteiger partial charge in [-0.05, 0) is 6.07 Å². The van der Waals surface area contributed by atoms with Crippen LogP contribution in [0.3, 0.4) is 0 Å². The molecule has 0 aliphatic carbocycles. The summed E-state index contributed by atoms with van der Waals surface area (Å²) in [6.07, 6.45) is 0. The second-order valence-corrected chi connectivity index (χ2v) is 4.11. The lowest BCUT2D eigenvalue weighted by atomic mass is 10.3. The van der Waals surface area contributed by atoms with Gasteiger partial charge in [0.15, 0.2) is 0 Å². The van der Waals surface area contributed by atoms with Gasteiger partial charge in [-0.15, -0.1) is 10.2 Å². The number of nitrogens with zero attached hydrogens (tertiary/aromatic N) is 3. The number of nitrogens with one attached hydrogen (secondary N) is 2. The Balaban J connectivity index is 2.47. The van der Waals surface area contributed by atoms with Gasteiger partial charge in [0.1, 0.15) is 5.69 Å². The van der Waals surface area contributed by atoms with E-state index in [1.165, 1.54) is 12.1 Å². The maximum atomic E-state index is 11.4. The van der Waals surface area contributed by atoms with Crippen LogP contribution in [-0.2, 0) is 0 Å². The van der Waals surface area contributed by atoms with E-state index < -0.39 is 27.7 Å². The average molecular weight is 312 g/mol. The van der Waals surface area contributed by atoms with Gasteiger partial charge in [0.25, 0.3) is 11.2 Å².